The fraction of sp³-hybridized carbons (Fsp3) is 0.333. The number of benzene rings is 2. The summed E-state index contributed by atoms with van der Waals surface area (Å²) >= 11 is 0. The van der Waals surface area contributed by atoms with Crippen LogP contribution < -0.4 is 19.5 Å². The molecule has 1 heterocycles. The van der Waals surface area contributed by atoms with E-state index in [0.29, 0.717) is 17.2 Å². The summed E-state index contributed by atoms with van der Waals surface area (Å²) in [4.78, 5) is 23.8. The summed E-state index contributed by atoms with van der Waals surface area (Å²) in [5, 5.41) is 2.47. The van der Waals surface area contributed by atoms with Gasteiger partial charge in [0.1, 0.15) is 11.4 Å². The Morgan fingerprint density at radius 2 is 1.87 bits per heavy atom. The zero-order chi connectivity index (χ0) is 21.7. The minimum Gasteiger partial charge on any atom is -0.483 e. The number of carbonyl (C=O) groups excluding carboxylic acids is 2. The largest absolute Gasteiger partial charge is 0.483 e. The van der Waals surface area contributed by atoms with Crippen molar-refractivity contribution in [2.75, 3.05) is 18.5 Å². The smallest absolute Gasteiger partial charge is 0.387 e. The van der Waals surface area contributed by atoms with E-state index in [1.165, 1.54) is 24.3 Å². The standard InChI is InChI=1S/C21H21F2NO6/c1-21(2)10-13-4-3-5-16(19(13)30-21)27-12-18(26)28-11-17(25)24-14-6-8-15(9-7-14)29-20(22)23/h3-9,20H,10-12H2,1-2H3,(H,24,25). The van der Waals surface area contributed by atoms with Crippen LogP contribution in [-0.2, 0) is 20.7 Å². The van der Waals surface area contributed by atoms with Crippen molar-refractivity contribution in [3.05, 3.63) is 48.0 Å². The number of hydrogen-bond donors (Lipinski definition) is 1. The molecule has 0 bridgehead atoms. The zero-order valence-corrected chi connectivity index (χ0v) is 16.4. The van der Waals surface area contributed by atoms with E-state index in [1.54, 1.807) is 6.07 Å². The number of halogens is 2. The molecule has 2 aromatic rings. The molecule has 0 fully saturated rings. The van der Waals surface area contributed by atoms with Crippen LogP contribution in [0.4, 0.5) is 14.5 Å². The van der Waals surface area contributed by atoms with E-state index in [1.807, 2.05) is 26.0 Å². The van der Waals surface area contributed by atoms with Crippen molar-refractivity contribution < 1.29 is 37.3 Å². The molecular formula is C21H21F2NO6. The van der Waals surface area contributed by atoms with Gasteiger partial charge in [-0.1, -0.05) is 12.1 Å². The Balaban J connectivity index is 1.43. The number of alkyl halides is 2. The molecule has 3 rings (SSSR count). The summed E-state index contributed by atoms with van der Waals surface area (Å²) in [5.41, 5.74) is 0.994. The highest BCUT2D eigenvalue weighted by Gasteiger charge is 2.32. The SMILES string of the molecule is CC1(C)Cc2cccc(OCC(=O)OCC(=O)Nc3ccc(OC(F)F)cc3)c2O1. The third-order valence-corrected chi connectivity index (χ3v) is 4.13. The van der Waals surface area contributed by atoms with Crippen LogP contribution >= 0.6 is 0 Å². The number of amides is 1. The van der Waals surface area contributed by atoms with Crippen LogP contribution in [0.5, 0.6) is 17.2 Å². The molecule has 2 aromatic carbocycles. The minimum atomic E-state index is -2.93. The van der Waals surface area contributed by atoms with E-state index >= 15 is 0 Å². The number of ether oxygens (including phenoxy) is 4. The van der Waals surface area contributed by atoms with E-state index in [-0.39, 0.29) is 18.0 Å². The van der Waals surface area contributed by atoms with Crippen LogP contribution in [0.2, 0.25) is 0 Å². The lowest BCUT2D eigenvalue weighted by molar-refractivity contribution is -0.149. The maximum Gasteiger partial charge on any atom is 0.387 e. The van der Waals surface area contributed by atoms with Crippen molar-refractivity contribution in [1.82, 2.24) is 0 Å². The molecule has 0 aliphatic carbocycles. The lowest BCUT2D eigenvalue weighted by Gasteiger charge is -2.18. The first-order chi connectivity index (χ1) is 14.2. The first-order valence-electron chi connectivity index (χ1n) is 9.16. The predicted molar refractivity (Wildman–Crippen MR) is 103 cm³/mol. The third-order valence-electron chi connectivity index (χ3n) is 4.13. The molecular weight excluding hydrogens is 400 g/mol. The van der Waals surface area contributed by atoms with Gasteiger partial charge < -0.3 is 24.3 Å². The van der Waals surface area contributed by atoms with Crippen molar-refractivity contribution in [1.29, 1.82) is 0 Å². The summed E-state index contributed by atoms with van der Waals surface area (Å²) in [5.74, 6) is -0.304. The molecule has 0 aromatic heterocycles. The Morgan fingerprint density at radius 3 is 2.57 bits per heavy atom. The van der Waals surface area contributed by atoms with Gasteiger partial charge in [-0.15, -0.1) is 0 Å². The van der Waals surface area contributed by atoms with Crippen LogP contribution in [0.3, 0.4) is 0 Å². The second-order valence-electron chi connectivity index (χ2n) is 7.18. The van der Waals surface area contributed by atoms with Gasteiger partial charge in [0, 0.05) is 17.7 Å². The van der Waals surface area contributed by atoms with E-state index in [2.05, 4.69) is 10.1 Å². The average Bonchev–Trinajstić information content (AvgIpc) is 3.00. The first-order valence-corrected chi connectivity index (χ1v) is 9.16. The van der Waals surface area contributed by atoms with Crippen molar-refractivity contribution >= 4 is 17.6 Å². The summed E-state index contributed by atoms with van der Waals surface area (Å²) in [7, 11) is 0. The van der Waals surface area contributed by atoms with Gasteiger partial charge in [-0.3, -0.25) is 4.79 Å². The van der Waals surface area contributed by atoms with Crippen molar-refractivity contribution in [2.45, 2.75) is 32.5 Å². The fourth-order valence-electron chi connectivity index (χ4n) is 2.94. The van der Waals surface area contributed by atoms with E-state index in [0.717, 1.165) is 12.0 Å². The molecule has 9 heteroatoms. The molecule has 1 amide bonds. The highest BCUT2D eigenvalue weighted by molar-refractivity contribution is 5.92. The Kier molecular flexibility index (Phi) is 6.39. The second kappa shape index (κ2) is 8.98. The summed E-state index contributed by atoms with van der Waals surface area (Å²) in [6.07, 6.45) is 0.736. The molecule has 0 saturated carbocycles. The Hall–Kier alpha value is -3.36. The lowest BCUT2D eigenvalue weighted by atomic mass is 10.0. The summed E-state index contributed by atoms with van der Waals surface area (Å²) < 4.78 is 44.7. The van der Waals surface area contributed by atoms with Crippen molar-refractivity contribution in [3.8, 4) is 17.2 Å². The average molecular weight is 421 g/mol. The molecule has 160 valence electrons. The van der Waals surface area contributed by atoms with Crippen LogP contribution in [0.1, 0.15) is 19.4 Å². The van der Waals surface area contributed by atoms with E-state index in [4.69, 9.17) is 14.2 Å². The van der Waals surface area contributed by atoms with E-state index < -0.39 is 25.1 Å². The lowest BCUT2D eigenvalue weighted by Crippen LogP contribution is -2.25. The molecule has 1 aliphatic heterocycles. The van der Waals surface area contributed by atoms with E-state index in [9.17, 15) is 18.4 Å². The van der Waals surface area contributed by atoms with Crippen LogP contribution in [0.15, 0.2) is 42.5 Å². The third kappa shape index (κ3) is 5.82. The Labute approximate surface area is 171 Å². The minimum absolute atomic E-state index is 0.0358. The monoisotopic (exact) mass is 421 g/mol. The number of esters is 1. The quantitative estimate of drug-likeness (QED) is 0.657. The molecule has 1 N–H and O–H groups in total. The second-order valence-corrected chi connectivity index (χ2v) is 7.18. The zero-order valence-electron chi connectivity index (χ0n) is 16.4. The first kappa shape index (κ1) is 21.4. The number of fused-ring (bicyclic) bond motifs is 1. The number of hydrogen-bond acceptors (Lipinski definition) is 6. The molecule has 0 radical (unpaired) electrons. The number of rotatable bonds is 8. The van der Waals surface area contributed by atoms with Crippen molar-refractivity contribution in [2.24, 2.45) is 0 Å². The van der Waals surface area contributed by atoms with Gasteiger partial charge in [0.25, 0.3) is 5.91 Å². The van der Waals surface area contributed by atoms with Gasteiger partial charge in [0.2, 0.25) is 0 Å². The highest BCUT2D eigenvalue weighted by Crippen LogP contribution is 2.41. The molecule has 0 saturated heterocycles. The molecule has 30 heavy (non-hydrogen) atoms. The number of carbonyl (C=O) groups is 2. The van der Waals surface area contributed by atoms with Gasteiger partial charge in [0.05, 0.1) is 0 Å². The van der Waals surface area contributed by atoms with Crippen LogP contribution in [0, 0.1) is 0 Å². The summed E-state index contributed by atoms with van der Waals surface area (Å²) in [6, 6.07) is 10.8. The molecule has 0 unspecified atom stereocenters. The van der Waals surface area contributed by atoms with Crippen LogP contribution in [0.25, 0.3) is 0 Å². The predicted octanol–water partition coefficient (Wildman–Crippen LogP) is 3.56. The number of nitrogens with one attached hydrogen (secondary N) is 1. The Bertz CT molecular complexity index is 914. The van der Waals surface area contributed by atoms with Crippen molar-refractivity contribution in [3.63, 3.8) is 0 Å². The highest BCUT2D eigenvalue weighted by atomic mass is 19.3. The molecule has 1 aliphatic rings. The molecule has 0 atom stereocenters. The van der Waals surface area contributed by atoms with Gasteiger partial charge in [-0.2, -0.15) is 8.78 Å². The summed E-state index contributed by atoms with van der Waals surface area (Å²) in [6.45, 7) is 0.0924. The van der Waals surface area contributed by atoms with Gasteiger partial charge >= 0.3 is 12.6 Å². The molecule has 7 nitrogen and oxygen atoms in total. The number of anilines is 1. The normalized spacial score (nSPS) is 13.9. The Morgan fingerprint density at radius 1 is 1.13 bits per heavy atom. The van der Waals surface area contributed by atoms with Crippen LogP contribution in [-0.4, -0.2) is 37.3 Å². The van der Waals surface area contributed by atoms with Gasteiger partial charge in [-0.25, -0.2) is 4.79 Å². The van der Waals surface area contributed by atoms with Gasteiger partial charge in [-0.05, 0) is 44.2 Å². The number of para-hydroxylation sites is 1. The molecule has 0 spiro atoms. The maximum atomic E-state index is 12.1. The maximum absolute atomic E-state index is 12.1. The van der Waals surface area contributed by atoms with Gasteiger partial charge in [0.15, 0.2) is 24.7 Å². The topological polar surface area (TPSA) is 83.1 Å². The fourth-order valence-corrected chi connectivity index (χ4v) is 2.94.